The molecular formula is C17H35NO4. The van der Waals surface area contributed by atoms with Crippen molar-refractivity contribution in [3.05, 3.63) is 0 Å². The van der Waals surface area contributed by atoms with Crippen LogP contribution in [-0.4, -0.2) is 41.2 Å². The molecule has 22 heavy (non-hydrogen) atoms. The molecule has 0 spiro atoms. The Labute approximate surface area is 135 Å². The standard InChI is InChI=1S/C17H35NO4/c1-12(9-19)16(5,6)11-17(7,8)13(10-20)18-14(21)22-15(2,3)4/h12-13,19-20H,9-11H2,1-8H3,(H,18,21). The van der Waals surface area contributed by atoms with Gasteiger partial charge in [0.1, 0.15) is 5.60 Å². The van der Waals surface area contributed by atoms with E-state index in [2.05, 4.69) is 19.2 Å². The number of amides is 1. The van der Waals surface area contributed by atoms with E-state index in [-0.39, 0.29) is 30.0 Å². The van der Waals surface area contributed by atoms with Crippen LogP contribution in [0.15, 0.2) is 0 Å². The number of hydrogen-bond donors (Lipinski definition) is 3. The monoisotopic (exact) mass is 317 g/mol. The number of carbonyl (C=O) groups is 1. The molecule has 0 bridgehead atoms. The van der Waals surface area contributed by atoms with Gasteiger partial charge in [-0.15, -0.1) is 0 Å². The molecule has 0 aliphatic rings. The Hall–Kier alpha value is -0.810. The first-order valence-corrected chi connectivity index (χ1v) is 7.96. The lowest BCUT2D eigenvalue weighted by molar-refractivity contribution is 0.0255. The molecule has 5 heteroatoms. The van der Waals surface area contributed by atoms with Gasteiger partial charge in [-0.25, -0.2) is 4.79 Å². The molecule has 132 valence electrons. The summed E-state index contributed by atoms with van der Waals surface area (Å²) in [5.41, 5.74) is -1.02. The largest absolute Gasteiger partial charge is 0.444 e. The Balaban J connectivity index is 4.94. The molecule has 0 aliphatic heterocycles. The van der Waals surface area contributed by atoms with Crippen molar-refractivity contribution in [3.63, 3.8) is 0 Å². The van der Waals surface area contributed by atoms with Crippen molar-refractivity contribution >= 4 is 6.09 Å². The van der Waals surface area contributed by atoms with Gasteiger partial charge in [-0.2, -0.15) is 0 Å². The van der Waals surface area contributed by atoms with Gasteiger partial charge < -0.3 is 20.3 Å². The maximum absolute atomic E-state index is 11.9. The molecule has 0 aromatic carbocycles. The average molecular weight is 317 g/mol. The lowest BCUT2D eigenvalue weighted by Crippen LogP contribution is -2.50. The van der Waals surface area contributed by atoms with Crippen LogP contribution in [-0.2, 0) is 4.74 Å². The number of alkyl carbamates (subject to hydrolysis) is 1. The van der Waals surface area contributed by atoms with Gasteiger partial charge in [0.2, 0.25) is 0 Å². The number of hydrogen-bond acceptors (Lipinski definition) is 4. The van der Waals surface area contributed by atoms with E-state index in [4.69, 9.17) is 4.74 Å². The van der Waals surface area contributed by atoms with Gasteiger partial charge in [-0.3, -0.25) is 0 Å². The Morgan fingerprint density at radius 2 is 1.50 bits per heavy atom. The zero-order valence-corrected chi connectivity index (χ0v) is 15.5. The Kier molecular flexibility index (Phi) is 7.36. The zero-order valence-electron chi connectivity index (χ0n) is 15.5. The minimum Gasteiger partial charge on any atom is -0.444 e. The summed E-state index contributed by atoms with van der Waals surface area (Å²) < 4.78 is 5.26. The normalized spacial score (nSPS) is 16.1. The molecule has 1 amide bonds. The molecule has 2 atom stereocenters. The number of ether oxygens (including phenoxy) is 1. The summed E-state index contributed by atoms with van der Waals surface area (Å²) in [7, 11) is 0. The lowest BCUT2D eigenvalue weighted by Gasteiger charge is -2.42. The molecule has 0 aromatic rings. The molecule has 0 aliphatic carbocycles. The molecular weight excluding hydrogens is 282 g/mol. The first kappa shape index (κ1) is 21.2. The van der Waals surface area contributed by atoms with Crippen LogP contribution in [0.25, 0.3) is 0 Å². The van der Waals surface area contributed by atoms with Gasteiger partial charge in [-0.05, 0) is 43.9 Å². The van der Waals surface area contributed by atoms with Crippen LogP contribution in [0.4, 0.5) is 4.79 Å². The minimum absolute atomic E-state index is 0.110. The van der Waals surface area contributed by atoms with E-state index in [0.29, 0.717) is 0 Å². The maximum atomic E-state index is 11.9. The highest BCUT2D eigenvalue weighted by Gasteiger charge is 2.38. The predicted octanol–water partition coefficient (Wildman–Crippen LogP) is 2.94. The van der Waals surface area contributed by atoms with Crippen LogP contribution in [0.1, 0.15) is 61.8 Å². The molecule has 0 saturated heterocycles. The van der Waals surface area contributed by atoms with Gasteiger partial charge in [0.05, 0.1) is 12.6 Å². The molecule has 5 nitrogen and oxygen atoms in total. The Morgan fingerprint density at radius 1 is 1.00 bits per heavy atom. The van der Waals surface area contributed by atoms with Gasteiger partial charge in [0.15, 0.2) is 0 Å². The zero-order chi connectivity index (χ0) is 17.8. The van der Waals surface area contributed by atoms with Gasteiger partial charge >= 0.3 is 6.09 Å². The molecule has 0 radical (unpaired) electrons. The molecule has 0 heterocycles. The lowest BCUT2D eigenvalue weighted by atomic mass is 9.66. The quantitative estimate of drug-likeness (QED) is 0.674. The number of aliphatic hydroxyl groups excluding tert-OH is 2. The van der Waals surface area contributed by atoms with Gasteiger partial charge in [0.25, 0.3) is 0 Å². The summed E-state index contributed by atoms with van der Waals surface area (Å²) in [6, 6.07) is -0.410. The van der Waals surface area contributed by atoms with E-state index in [1.165, 1.54) is 0 Å². The fourth-order valence-corrected chi connectivity index (χ4v) is 2.66. The topological polar surface area (TPSA) is 78.8 Å². The summed E-state index contributed by atoms with van der Waals surface area (Å²) >= 11 is 0. The van der Waals surface area contributed by atoms with Gasteiger partial charge in [-0.1, -0.05) is 34.6 Å². The van der Waals surface area contributed by atoms with Crippen molar-refractivity contribution in [1.29, 1.82) is 0 Å². The Morgan fingerprint density at radius 3 is 1.86 bits per heavy atom. The molecule has 0 saturated carbocycles. The number of carbonyl (C=O) groups excluding carboxylic acids is 1. The number of nitrogens with one attached hydrogen (secondary N) is 1. The minimum atomic E-state index is -0.571. The molecule has 0 aromatic heterocycles. The Bertz CT molecular complexity index is 358. The second kappa shape index (κ2) is 7.64. The number of aliphatic hydroxyl groups is 2. The third-order valence-electron chi connectivity index (χ3n) is 4.34. The number of rotatable bonds is 7. The highest BCUT2D eigenvalue weighted by atomic mass is 16.6. The summed E-state index contributed by atoms with van der Waals surface area (Å²) in [6.07, 6.45) is 0.232. The molecule has 0 rings (SSSR count). The summed E-state index contributed by atoms with van der Waals surface area (Å²) in [4.78, 5) is 11.9. The van der Waals surface area contributed by atoms with Crippen LogP contribution in [0.5, 0.6) is 0 Å². The van der Waals surface area contributed by atoms with E-state index in [1.54, 1.807) is 20.8 Å². The fraction of sp³-hybridized carbons (Fsp3) is 0.941. The van der Waals surface area contributed by atoms with Crippen molar-refractivity contribution in [3.8, 4) is 0 Å². The van der Waals surface area contributed by atoms with Crippen LogP contribution in [0, 0.1) is 16.7 Å². The van der Waals surface area contributed by atoms with Crippen LogP contribution >= 0.6 is 0 Å². The summed E-state index contributed by atoms with van der Waals surface area (Å²) in [5.74, 6) is 0.132. The van der Waals surface area contributed by atoms with Crippen LogP contribution in [0.3, 0.4) is 0 Å². The van der Waals surface area contributed by atoms with Crippen LogP contribution < -0.4 is 5.32 Å². The second-order valence-corrected chi connectivity index (χ2v) is 8.62. The summed E-state index contributed by atoms with van der Waals surface area (Å²) in [6.45, 7) is 15.6. The summed E-state index contributed by atoms with van der Waals surface area (Å²) in [5, 5.41) is 21.8. The third-order valence-corrected chi connectivity index (χ3v) is 4.34. The smallest absolute Gasteiger partial charge is 0.407 e. The van der Waals surface area contributed by atoms with Crippen molar-refractivity contribution in [2.45, 2.75) is 73.5 Å². The van der Waals surface area contributed by atoms with E-state index in [1.807, 2.05) is 20.8 Å². The average Bonchev–Trinajstić information content (AvgIpc) is 2.31. The second-order valence-electron chi connectivity index (χ2n) is 8.62. The highest BCUT2D eigenvalue weighted by Crippen LogP contribution is 2.40. The van der Waals surface area contributed by atoms with E-state index >= 15 is 0 Å². The first-order chi connectivity index (χ1) is 9.75. The van der Waals surface area contributed by atoms with Crippen LogP contribution in [0.2, 0.25) is 0 Å². The predicted molar refractivity (Wildman–Crippen MR) is 88.7 cm³/mol. The van der Waals surface area contributed by atoms with E-state index in [9.17, 15) is 15.0 Å². The van der Waals surface area contributed by atoms with E-state index in [0.717, 1.165) is 6.42 Å². The van der Waals surface area contributed by atoms with Crippen molar-refractivity contribution in [2.75, 3.05) is 13.2 Å². The molecule has 2 unspecified atom stereocenters. The molecule has 3 N–H and O–H groups in total. The maximum Gasteiger partial charge on any atom is 0.407 e. The SMILES string of the molecule is CC(CO)C(C)(C)CC(C)(C)C(CO)NC(=O)OC(C)(C)C. The first-order valence-electron chi connectivity index (χ1n) is 7.96. The van der Waals surface area contributed by atoms with Crippen molar-refractivity contribution in [2.24, 2.45) is 16.7 Å². The third kappa shape index (κ3) is 6.97. The van der Waals surface area contributed by atoms with Crippen molar-refractivity contribution < 1.29 is 19.7 Å². The highest BCUT2D eigenvalue weighted by molar-refractivity contribution is 5.68. The van der Waals surface area contributed by atoms with E-state index < -0.39 is 17.7 Å². The van der Waals surface area contributed by atoms with Crippen molar-refractivity contribution in [1.82, 2.24) is 5.32 Å². The fourth-order valence-electron chi connectivity index (χ4n) is 2.66. The molecule has 0 fully saturated rings. The van der Waals surface area contributed by atoms with Gasteiger partial charge in [0, 0.05) is 6.61 Å².